The average Bonchev–Trinajstić information content (AvgIpc) is 2.49. The molecule has 0 fully saturated rings. The lowest BCUT2D eigenvalue weighted by Crippen LogP contribution is -2.18. The van der Waals surface area contributed by atoms with Gasteiger partial charge >= 0.3 is 0 Å². The molecule has 2 aromatic rings. The number of benzene rings is 2. The Kier molecular flexibility index (Phi) is 4.09. The van der Waals surface area contributed by atoms with E-state index in [1.165, 1.54) is 36.8 Å². The lowest BCUT2D eigenvalue weighted by molar-refractivity contribution is 0.611. The summed E-state index contributed by atoms with van der Waals surface area (Å²) in [5.41, 5.74) is 4.22. The molecule has 1 aliphatic carbocycles. The molecule has 20 heavy (non-hydrogen) atoms. The van der Waals surface area contributed by atoms with Gasteiger partial charge in [-0.05, 0) is 41.7 Å². The van der Waals surface area contributed by atoms with E-state index < -0.39 is 0 Å². The fraction of sp³-hybridized carbons (Fsp3) is 0.294. The first kappa shape index (κ1) is 14.0. The molecule has 0 aliphatic heterocycles. The van der Waals surface area contributed by atoms with Gasteiger partial charge in [-0.1, -0.05) is 66.2 Å². The summed E-state index contributed by atoms with van der Waals surface area (Å²) in [6.07, 6.45) is 2.40. The predicted molar refractivity (Wildman–Crippen MR) is 89.8 cm³/mol. The molecule has 0 nitrogen and oxygen atoms in total. The first-order valence-electron chi connectivity index (χ1n) is 7.21. The minimum atomic E-state index is 0.444. The van der Waals surface area contributed by atoms with Gasteiger partial charge in [-0.2, -0.15) is 0 Å². The van der Waals surface area contributed by atoms with Crippen molar-refractivity contribution in [2.75, 3.05) is 0 Å². The molecule has 3 rings (SSSR count). The minimum Gasteiger partial charge on any atom is -0.0891 e. The molecule has 0 spiro atoms. The largest absolute Gasteiger partial charge is 0.121 e. The Balaban J connectivity index is 2.05. The third-order valence-electron chi connectivity index (χ3n) is 4.43. The first-order chi connectivity index (χ1) is 9.69. The Bertz CT molecular complexity index is 624. The Morgan fingerprint density at radius 3 is 2.60 bits per heavy atom. The zero-order valence-corrected chi connectivity index (χ0v) is 13.1. The lowest BCUT2D eigenvalue weighted by atomic mass is 9.57. The topological polar surface area (TPSA) is 0 Å². The van der Waals surface area contributed by atoms with Crippen molar-refractivity contribution < 1.29 is 0 Å². The molecule has 0 aromatic heterocycles. The fourth-order valence-electron chi connectivity index (χ4n) is 3.27. The smallest absolute Gasteiger partial charge is 0.0891 e. The van der Waals surface area contributed by atoms with E-state index in [4.69, 9.17) is 23.2 Å². The van der Waals surface area contributed by atoms with Gasteiger partial charge in [-0.3, -0.25) is 0 Å². The van der Waals surface area contributed by atoms with Crippen LogP contribution in [-0.4, -0.2) is 7.28 Å². The highest BCUT2D eigenvalue weighted by Crippen LogP contribution is 2.42. The minimum absolute atomic E-state index is 0.444. The summed E-state index contributed by atoms with van der Waals surface area (Å²) in [7, 11) is 1.23. The maximum Gasteiger partial charge on any atom is 0.121 e. The normalized spacial score (nSPS) is 21.4. The molecule has 2 atom stereocenters. The van der Waals surface area contributed by atoms with Crippen molar-refractivity contribution in [3.8, 4) is 0 Å². The maximum atomic E-state index is 6.20. The summed E-state index contributed by atoms with van der Waals surface area (Å²) >= 11 is 12.2. The van der Waals surface area contributed by atoms with E-state index in [1.54, 1.807) is 0 Å². The second-order valence-corrected chi connectivity index (χ2v) is 6.45. The van der Waals surface area contributed by atoms with Crippen LogP contribution in [-0.2, 0) is 6.42 Å². The lowest BCUT2D eigenvalue weighted by Gasteiger charge is -2.31. The molecule has 2 aromatic carbocycles. The van der Waals surface area contributed by atoms with Crippen molar-refractivity contribution in [3.05, 3.63) is 69.2 Å². The van der Waals surface area contributed by atoms with Gasteiger partial charge in [0.25, 0.3) is 0 Å². The van der Waals surface area contributed by atoms with Gasteiger partial charge in [0.05, 0.1) is 10.0 Å². The molecule has 0 unspecified atom stereocenters. The van der Waals surface area contributed by atoms with E-state index in [9.17, 15) is 0 Å². The summed E-state index contributed by atoms with van der Waals surface area (Å²) < 4.78 is 0. The van der Waals surface area contributed by atoms with Crippen LogP contribution in [0.3, 0.4) is 0 Å². The Labute approximate surface area is 131 Å². The number of halogens is 2. The van der Waals surface area contributed by atoms with Gasteiger partial charge in [-0.15, -0.1) is 0 Å². The SMILES string of the molecule is CB[C@H]1Cc2ccccc2[C@H](c2ccc(Cl)c(Cl)c2)C1. The number of rotatable bonds is 2. The molecule has 0 amide bonds. The fourth-order valence-corrected chi connectivity index (χ4v) is 3.58. The van der Waals surface area contributed by atoms with Crippen LogP contribution in [0.15, 0.2) is 42.5 Å². The van der Waals surface area contributed by atoms with E-state index in [1.807, 2.05) is 12.1 Å². The molecule has 0 bridgehead atoms. The highest BCUT2D eigenvalue weighted by atomic mass is 35.5. The highest BCUT2D eigenvalue weighted by Gasteiger charge is 2.27. The van der Waals surface area contributed by atoms with Crippen molar-refractivity contribution >= 4 is 30.5 Å². The van der Waals surface area contributed by atoms with Crippen molar-refractivity contribution in [3.63, 3.8) is 0 Å². The van der Waals surface area contributed by atoms with Gasteiger partial charge < -0.3 is 0 Å². The van der Waals surface area contributed by atoms with Crippen LogP contribution in [0.4, 0.5) is 0 Å². The summed E-state index contributed by atoms with van der Waals surface area (Å²) in [5.74, 6) is 1.20. The van der Waals surface area contributed by atoms with Gasteiger partial charge in [0.1, 0.15) is 7.28 Å². The van der Waals surface area contributed by atoms with Crippen LogP contribution in [0.25, 0.3) is 0 Å². The Hall–Kier alpha value is -0.915. The van der Waals surface area contributed by atoms with Crippen molar-refractivity contribution in [2.45, 2.75) is 31.4 Å². The molecule has 0 radical (unpaired) electrons. The summed E-state index contributed by atoms with van der Waals surface area (Å²) in [6, 6.07) is 14.9. The van der Waals surface area contributed by atoms with E-state index in [-0.39, 0.29) is 0 Å². The number of hydrogen-bond acceptors (Lipinski definition) is 0. The Morgan fingerprint density at radius 2 is 1.85 bits per heavy atom. The molecule has 1 aliphatic rings. The zero-order valence-electron chi connectivity index (χ0n) is 11.6. The van der Waals surface area contributed by atoms with Crippen LogP contribution >= 0.6 is 23.2 Å². The van der Waals surface area contributed by atoms with Gasteiger partial charge in [0.15, 0.2) is 0 Å². The molecular weight excluding hydrogens is 286 g/mol. The van der Waals surface area contributed by atoms with E-state index in [0.717, 1.165) is 5.82 Å². The van der Waals surface area contributed by atoms with Crippen molar-refractivity contribution in [2.24, 2.45) is 0 Å². The highest BCUT2D eigenvalue weighted by molar-refractivity contribution is 6.42. The number of fused-ring (bicyclic) bond motifs is 1. The molecular formula is C17H17BCl2. The van der Waals surface area contributed by atoms with Crippen LogP contribution < -0.4 is 0 Å². The van der Waals surface area contributed by atoms with Crippen LogP contribution in [0.5, 0.6) is 0 Å². The molecule has 3 heteroatoms. The second kappa shape index (κ2) is 5.83. The van der Waals surface area contributed by atoms with Crippen LogP contribution in [0.1, 0.15) is 29.0 Å². The third-order valence-corrected chi connectivity index (χ3v) is 5.17. The van der Waals surface area contributed by atoms with Crippen molar-refractivity contribution in [1.82, 2.24) is 0 Å². The van der Waals surface area contributed by atoms with Gasteiger partial charge in [-0.25, -0.2) is 0 Å². The standard InChI is InChI=1S/C17H17BCl2/c1-18-13-8-11-4-2-3-5-14(11)15(10-13)12-6-7-16(19)17(20)9-12/h2-7,9,13,15,18H,8,10H2,1H3/t13-,15-/m0/s1. The molecule has 102 valence electrons. The van der Waals surface area contributed by atoms with E-state index in [0.29, 0.717) is 16.0 Å². The van der Waals surface area contributed by atoms with Gasteiger partial charge in [0, 0.05) is 5.92 Å². The molecule has 0 heterocycles. The summed E-state index contributed by atoms with van der Waals surface area (Å²) in [5, 5.41) is 1.28. The molecule has 0 saturated heterocycles. The predicted octanol–water partition coefficient (Wildman–Crippen LogP) is 5.34. The van der Waals surface area contributed by atoms with Gasteiger partial charge in [0.2, 0.25) is 0 Å². The summed E-state index contributed by atoms with van der Waals surface area (Å²) in [4.78, 5) is 0. The average molecular weight is 303 g/mol. The van der Waals surface area contributed by atoms with E-state index in [2.05, 4.69) is 37.2 Å². The molecule has 0 N–H and O–H groups in total. The monoisotopic (exact) mass is 302 g/mol. The van der Waals surface area contributed by atoms with Crippen LogP contribution in [0, 0.1) is 0 Å². The maximum absolute atomic E-state index is 6.20. The van der Waals surface area contributed by atoms with Crippen molar-refractivity contribution in [1.29, 1.82) is 0 Å². The summed E-state index contributed by atoms with van der Waals surface area (Å²) in [6.45, 7) is 2.28. The van der Waals surface area contributed by atoms with E-state index >= 15 is 0 Å². The quantitative estimate of drug-likeness (QED) is 0.656. The number of hydrogen-bond donors (Lipinski definition) is 0. The Morgan fingerprint density at radius 1 is 1.05 bits per heavy atom. The zero-order chi connectivity index (χ0) is 14.1. The first-order valence-corrected chi connectivity index (χ1v) is 7.97. The molecule has 0 saturated carbocycles. The second-order valence-electron chi connectivity index (χ2n) is 5.64. The van der Waals surface area contributed by atoms with Crippen LogP contribution in [0.2, 0.25) is 22.7 Å². The third kappa shape index (κ3) is 2.62.